The summed E-state index contributed by atoms with van der Waals surface area (Å²) in [5.41, 5.74) is 8.09. The Hall–Kier alpha value is -3.40. The number of aryl methyl sites for hydroxylation is 1. The molecule has 1 amide bonds. The summed E-state index contributed by atoms with van der Waals surface area (Å²) in [7, 11) is -4.14. The smallest absolute Gasteiger partial charge is 0.335 e. The van der Waals surface area contributed by atoms with E-state index in [9.17, 15) is 18.0 Å². The fourth-order valence-corrected chi connectivity index (χ4v) is 5.21. The molecular weight excluding hydrogens is 490 g/mol. The highest BCUT2D eigenvalue weighted by Crippen LogP contribution is 2.31. The van der Waals surface area contributed by atoms with Crippen LogP contribution in [0, 0.1) is 0 Å². The lowest BCUT2D eigenvalue weighted by molar-refractivity contribution is -0.119. The number of hydrogen-bond donors (Lipinski definition) is 3. The monoisotopic (exact) mass is 515 g/mol. The topological polar surface area (TPSA) is 130 Å². The predicted molar refractivity (Wildman–Crippen MR) is 135 cm³/mol. The van der Waals surface area contributed by atoms with Gasteiger partial charge in [0, 0.05) is 23.7 Å². The van der Waals surface area contributed by atoms with E-state index in [4.69, 9.17) is 22.4 Å². The van der Waals surface area contributed by atoms with Gasteiger partial charge in [-0.1, -0.05) is 48.9 Å². The van der Waals surface area contributed by atoms with E-state index in [2.05, 4.69) is 5.32 Å². The molecular formula is C25H26ClN3O5S. The van der Waals surface area contributed by atoms with Gasteiger partial charge in [-0.2, -0.15) is 0 Å². The number of carbonyl (C=O) groups is 2. The molecule has 0 saturated carbocycles. The van der Waals surface area contributed by atoms with Gasteiger partial charge in [0.05, 0.1) is 16.1 Å². The van der Waals surface area contributed by atoms with E-state index in [-0.39, 0.29) is 34.3 Å². The van der Waals surface area contributed by atoms with E-state index in [1.165, 1.54) is 24.3 Å². The van der Waals surface area contributed by atoms with Crippen molar-refractivity contribution in [2.24, 2.45) is 5.73 Å². The minimum atomic E-state index is -4.14. The Labute approximate surface area is 209 Å². The number of carbonyl (C=O) groups excluding carboxylic acids is 1. The molecule has 0 aliphatic heterocycles. The van der Waals surface area contributed by atoms with Crippen molar-refractivity contribution in [2.45, 2.75) is 31.3 Å². The van der Waals surface area contributed by atoms with Gasteiger partial charge >= 0.3 is 5.97 Å². The highest BCUT2D eigenvalue weighted by Gasteiger charge is 2.29. The highest BCUT2D eigenvalue weighted by molar-refractivity contribution is 7.92. The first-order valence-electron chi connectivity index (χ1n) is 10.9. The van der Waals surface area contributed by atoms with Gasteiger partial charge in [0.25, 0.3) is 10.0 Å². The zero-order valence-electron chi connectivity index (χ0n) is 19.1. The van der Waals surface area contributed by atoms with Crippen LogP contribution in [0.4, 0.5) is 5.69 Å². The molecule has 0 radical (unpaired) electrons. The molecule has 0 aromatic heterocycles. The Balaban J connectivity index is 1.93. The van der Waals surface area contributed by atoms with Gasteiger partial charge in [-0.25, -0.2) is 13.2 Å². The fourth-order valence-electron chi connectivity index (χ4n) is 3.51. The summed E-state index contributed by atoms with van der Waals surface area (Å²) >= 11 is 6.28. The summed E-state index contributed by atoms with van der Waals surface area (Å²) in [6.45, 7) is 1.44. The van der Waals surface area contributed by atoms with Crippen molar-refractivity contribution in [2.75, 3.05) is 10.8 Å². The molecule has 4 N–H and O–H groups in total. The van der Waals surface area contributed by atoms with Crippen molar-refractivity contribution in [3.05, 3.63) is 94.0 Å². The third-order valence-corrected chi connectivity index (χ3v) is 7.57. The molecule has 0 aliphatic rings. The summed E-state index contributed by atoms with van der Waals surface area (Å²) in [4.78, 5) is 24.1. The van der Waals surface area contributed by atoms with Gasteiger partial charge < -0.3 is 16.2 Å². The first kappa shape index (κ1) is 26.2. The lowest BCUT2D eigenvalue weighted by Crippen LogP contribution is -2.41. The Morgan fingerprint density at radius 1 is 1.03 bits per heavy atom. The van der Waals surface area contributed by atoms with Gasteiger partial charge in [0.2, 0.25) is 5.91 Å². The standard InChI is InChI=1S/C25H26ClN3O5S/c1-2-17-9-11-20(12-10-17)35(33,34)29(23-8-4-7-22(26)21(23)14-27)16-24(30)28-15-18-5-3-6-19(13-18)25(31)32/h3-13H,2,14-16,27H2,1H3,(H,28,30)(H,31,32). The number of rotatable bonds is 10. The summed E-state index contributed by atoms with van der Waals surface area (Å²) in [5, 5.41) is 12.1. The fraction of sp³-hybridized carbons (Fsp3) is 0.200. The molecule has 35 heavy (non-hydrogen) atoms. The zero-order chi connectivity index (χ0) is 25.6. The predicted octanol–water partition coefficient (Wildman–Crippen LogP) is 3.57. The van der Waals surface area contributed by atoms with Crippen molar-refractivity contribution < 1.29 is 23.1 Å². The molecule has 0 bridgehead atoms. The second-order valence-electron chi connectivity index (χ2n) is 7.73. The number of nitrogens with zero attached hydrogens (tertiary/aromatic N) is 1. The van der Waals surface area contributed by atoms with Crippen molar-refractivity contribution in [3.63, 3.8) is 0 Å². The Morgan fingerprint density at radius 2 is 1.71 bits per heavy atom. The van der Waals surface area contributed by atoms with Crippen LogP contribution in [0.5, 0.6) is 0 Å². The summed E-state index contributed by atoms with van der Waals surface area (Å²) in [6.07, 6.45) is 0.751. The molecule has 0 heterocycles. The zero-order valence-corrected chi connectivity index (χ0v) is 20.6. The summed E-state index contributed by atoms with van der Waals surface area (Å²) in [5.74, 6) is -1.66. The van der Waals surface area contributed by atoms with Crippen LogP contribution in [0.1, 0.15) is 34.0 Å². The number of amides is 1. The Kier molecular flexibility index (Phi) is 8.50. The average Bonchev–Trinajstić information content (AvgIpc) is 2.86. The molecule has 0 spiro atoms. The van der Waals surface area contributed by atoms with Crippen LogP contribution >= 0.6 is 11.6 Å². The van der Waals surface area contributed by atoms with Crippen LogP contribution in [-0.2, 0) is 34.3 Å². The number of sulfonamides is 1. The number of carboxylic acids is 1. The Bertz CT molecular complexity index is 1330. The van der Waals surface area contributed by atoms with Crippen molar-refractivity contribution in [3.8, 4) is 0 Å². The molecule has 0 atom stereocenters. The molecule has 10 heteroatoms. The van der Waals surface area contributed by atoms with Crippen LogP contribution in [0.15, 0.2) is 71.6 Å². The molecule has 0 saturated heterocycles. The number of carboxylic acid groups (broad SMARTS) is 1. The van der Waals surface area contributed by atoms with Crippen LogP contribution in [0.3, 0.4) is 0 Å². The van der Waals surface area contributed by atoms with Gasteiger partial charge in [-0.3, -0.25) is 9.10 Å². The van der Waals surface area contributed by atoms with E-state index in [1.807, 2.05) is 6.92 Å². The largest absolute Gasteiger partial charge is 0.478 e. The average molecular weight is 516 g/mol. The van der Waals surface area contributed by atoms with Gasteiger partial charge in [0.1, 0.15) is 6.54 Å². The number of nitrogens with one attached hydrogen (secondary N) is 1. The maximum absolute atomic E-state index is 13.6. The molecule has 3 aromatic carbocycles. The number of hydrogen-bond acceptors (Lipinski definition) is 5. The van der Waals surface area contributed by atoms with Crippen LogP contribution < -0.4 is 15.4 Å². The second kappa shape index (κ2) is 11.4. The van der Waals surface area contributed by atoms with Gasteiger partial charge in [-0.05, 0) is 53.9 Å². The molecule has 3 aromatic rings. The molecule has 0 unspecified atom stereocenters. The van der Waals surface area contributed by atoms with Gasteiger partial charge in [0.15, 0.2) is 0 Å². The summed E-state index contributed by atoms with van der Waals surface area (Å²) < 4.78 is 28.3. The molecule has 0 fully saturated rings. The van der Waals surface area contributed by atoms with Crippen molar-refractivity contribution in [1.29, 1.82) is 0 Å². The normalized spacial score (nSPS) is 11.2. The number of halogens is 1. The van der Waals surface area contributed by atoms with Crippen LogP contribution in [-0.4, -0.2) is 31.9 Å². The minimum Gasteiger partial charge on any atom is -0.478 e. The van der Waals surface area contributed by atoms with Crippen molar-refractivity contribution in [1.82, 2.24) is 5.32 Å². The number of benzene rings is 3. The van der Waals surface area contributed by atoms with E-state index in [0.29, 0.717) is 11.1 Å². The van der Waals surface area contributed by atoms with Crippen LogP contribution in [0.25, 0.3) is 0 Å². The molecule has 184 valence electrons. The number of nitrogens with two attached hydrogens (primary N) is 1. The molecule has 3 rings (SSSR count). The number of aromatic carboxylic acids is 1. The maximum atomic E-state index is 13.6. The lowest BCUT2D eigenvalue weighted by Gasteiger charge is -2.26. The highest BCUT2D eigenvalue weighted by atomic mass is 35.5. The van der Waals surface area contributed by atoms with E-state index >= 15 is 0 Å². The molecule has 8 nitrogen and oxygen atoms in total. The first-order valence-corrected chi connectivity index (χ1v) is 12.7. The minimum absolute atomic E-state index is 0.0261. The van der Waals surface area contributed by atoms with Crippen molar-refractivity contribution >= 4 is 39.2 Å². The van der Waals surface area contributed by atoms with E-state index in [0.717, 1.165) is 16.3 Å². The third-order valence-electron chi connectivity index (χ3n) is 5.44. The Morgan fingerprint density at radius 3 is 2.34 bits per heavy atom. The van der Waals surface area contributed by atoms with E-state index < -0.39 is 28.4 Å². The number of anilines is 1. The quantitative estimate of drug-likeness (QED) is 0.378. The first-order chi connectivity index (χ1) is 16.7. The van der Waals surface area contributed by atoms with Gasteiger partial charge in [-0.15, -0.1) is 0 Å². The SMILES string of the molecule is CCc1ccc(S(=O)(=O)N(CC(=O)NCc2cccc(C(=O)O)c2)c2cccc(Cl)c2CN)cc1. The third kappa shape index (κ3) is 6.19. The van der Waals surface area contributed by atoms with E-state index in [1.54, 1.807) is 42.5 Å². The lowest BCUT2D eigenvalue weighted by atomic mass is 10.1. The maximum Gasteiger partial charge on any atom is 0.335 e. The molecule has 0 aliphatic carbocycles. The second-order valence-corrected chi connectivity index (χ2v) is 10.0. The van der Waals surface area contributed by atoms with Crippen LogP contribution in [0.2, 0.25) is 5.02 Å². The summed E-state index contributed by atoms with van der Waals surface area (Å²) in [6, 6.07) is 17.3.